The summed E-state index contributed by atoms with van der Waals surface area (Å²) in [6.45, 7) is 10.9. The van der Waals surface area contributed by atoms with Gasteiger partial charge in [-0.15, -0.1) is 0 Å². The lowest BCUT2D eigenvalue weighted by Crippen LogP contribution is -2.50. The molecule has 4 nitrogen and oxygen atoms in total. The third kappa shape index (κ3) is 5.54. The van der Waals surface area contributed by atoms with Gasteiger partial charge in [0.15, 0.2) is 0 Å². The molecule has 2 heterocycles. The maximum absolute atomic E-state index is 12.3. The van der Waals surface area contributed by atoms with Crippen molar-refractivity contribution in [1.82, 2.24) is 14.7 Å². The largest absolute Gasteiger partial charge is 0.340 e. The van der Waals surface area contributed by atoms with Gasteiger partial charge < -0.3 is 9.80 Å². The quantitative estimate of drug-likeness (QED) is 0.705. The van der Waals surface area contributed by atoms with Crippen LogP contribution in [0.25, 0.3) is 0 Å². The molecule has 0 atom stereocenters. The second kappa shape index (κ2) is 8.88. The molecule has 2 aliphatic heterocycles. The summed E-state index contributed by atoms with van der Waals surface area (Å²) in [4.78, 5) is 19.2. The highest BCUT2D eigenvalue weighted by Gasteiger charge is 2.22. The van der Waals surface area contributed by atoms with E-state index in [2.05, 4.69) is 35.6 Å². The molecule has 2 fully saturated rings. The summed E-state index contributed by atoms with van der Waals surface area (Å²) >= 11 is 0. The average Bonchev–Trinajstić information content (AvgIpc) is 2.53. The van der Waals surface area contributed by atoms with Crippen molar-refractivity contribution in [2.75, 3.05) is 46.3 Å². The zero-order valence-corrected chi connectivity index (χ0v) is 14.9. The van der Waals surface area contributed by atoms with Gasteiger partial charge in [0, 0.05) is 38.6 Å². The Bertz CT molecular complexity index is 329. The molecular weight excluding hydrogens is 274 g/mol. The lowest BCUT2D eigenvalue weighted by Gasteiger charge is -2.37. The molecule has 0 aromatic heterocycles. The Morgan fingerprint density at radius 2 is 1.64 bits per heavy atom. The molecule has 4 heteroatoms. The Morgan fingerprint density at radius 1 is 1.00 bits per heavy atom. The highest BCUT2D eigenvalue weighted by molar-refractivity contribution is 5.76. The number of likely N-dealkylation sites (tertiary alicyclic amines) is 1. The molecule has 0 bridgehead atoms. The Balaban J connectivity index is 1.55. The monoisotopic (exact) mass is 309 g/mol. The van der Waals surface area contributed by atoms with Crippen molar-refractivity contribution in [1.29, 1.82) is 0 Å². The van der Waals surface area contributed by atoms with Crippen molar-refractivity contribution in [2.24, 2.45) is 5.92 Å². The average molecular weight is 309 g/mol. The minimum absolute atomic E-state index is 0.381. The Hall–Kier alpha value is -0.610. The van der Waals surface area contributed by atoms with Crippen molar-refractivity contribution in [3.05, 3.63) is 0 Å². The van der Waals surface area contributed by atoms with Crippen LogP contribution in [0.4, 0.5) is 0 Å². The summed E-state index contributed by atoms with van der Waals surface area (Å²) < 4.78 is 0. The van der Waals surface area contributed by atoms with Crippen LogP contribution in [-0.2, 0) is 4.79 Å². The van der Waals surface area contributed by atoms with Gasteiger partial charge in [-0.3, -0.25) is 9.69 Å². The smallest absolute Gasteiger partial charge is 0.222 e. The van der Waals surface area contributed by atoms with E-state index < -0.39 is 0 Å². The second-order valence-electron chi connectivity index (χ2n) is 7.50. The number of piperazine rings is 1. The van der Waals surface area contributed by atoms with E-state index in [-0.39, 0.29) is 0 Å². The molecule has 0 unspecified atom stereocenters. The lowest BCUT2D eigenvalue weighted by molar-refractivity contribution is -0.133. The van der Waals surface area contributed by atoms with Crippen LogP contribution >= 0.6 is 0 Å². The number of hydrogen-bond donors (Lipinski definition) is 0. The summed E-state index contributed by atoms with van der Waals surface area (Å²) in [5.41, 5.74) is 0. The topological polar surface area (TPSA) is 26.8 Å². The Kier molecular flexibility index (Phi) is 7.16. The highest BCUT2D eigenvalue weighted by atomic mass is 16.2. The minimum Gasteiger partial charge on any atom is -0.340 e. The molecule has 0 spiro atoms. The van der Waals surface area contributed by atoms with Gasteiger partial charge >= 0.3 is 0 Å². The van der Waals surface area contributed by atoms with Crippen molar-refractivity contribution in [3.8, 4) is 0 Å². The maximum Gasteiger partial charge on any atom is 0.222 e. The molecule has 0 aromatic carbocycles. The first-order valence-corrected chi connectivity index (χ1v) is 9.26. The Morgan fingerprint density at radius 3 is 2.23 bits per heavy atom. The van der Waals surface area contributed by atoms with Gasteiger partial charge in [0.25, 0.3) is 0 Å². The van der Waals surface area contributed by atoms with E-state index >= 15 is 0 Å². The predicted molar refractivity (Wildman–Crippen MR) is 92.0 cm³/mol. The highest BCUT2D eigenvalue weighted by Crippen LogP contribution is 2.22. The first-order valence-electron chi connectivity index (χ1n) is 9.26. The number of unbranched alkanes of at least 4 members (excludes halogenated alkanes) is 1. The van der Waals surface area contributed by atoms with Gasteiger partial charge in [0.1, 0.15) is 0 Å². The van der Waals surface area contributed by atoms with E-state index in [1.54, 1.807) is 0 Å². The molecule has 0 N–H and O–H groups in total. The molecule has 128 valence electrons. The molecule has 2 saturated heterocycles. The summed E-state index contributed by atoms with van der Waals surface area (Å²) in [7, 11) is 2.22. The van der Waals surface area contributed by atoms with Gasteiger partial charge in [-0.1, -0.05) is 12.8 Å². The van der Waals surface area contributed by atoms with Gasteiger partial charge in [0.2, 0.25) is 5.91 Å². The zero-order chi connectivity index (χ0) is 15.9. The number of piperidine rings is 1. The van der Waals surface area contributed by atoms with E-state index in [4.69, 9.17) is 0 Å². The standard InChI is InChI=1S/C18H35N3O/c1-16(2)20-12-14-21(15-13-20)18(22)7-5-4-6-17-8-10-19(3)11-9-17/h16-17H,4-15H2,1-3H3. The van der Waals surface area contributed by atoms with Crippen molar-refractivity contribution >= 4 is 5.91 Å². The number of amides is 1. The predicted octanol–water partition coefficient (Wildman–Crippen LogP) is 2.44. The molecule has 0 aromatic rings. The second-order valence-corrected chi connectivity index (χ2v) is 7.50. The molecule has 2 aliphatic rings. The fraction of sp³-hybridized carbons (Fsp3) is 0.944. The van der Waals surface area contributed by atoms with Gasteiger partial charge in [-0.05, 0) is 59.2 Å². The van der Waals surface area contributed by atoms with E-state index in [0.717, 1.165) is 44.9 Å². The van der Waals surface area contributed by atoms with E-state index in [9.17, 15) is 4.79 Å². The van der Waals surface area contributed by atoms with Crippen LogP contribution in [-0.4, -0.2) is 73.0 Å². The molecule has 0 radical (unpaired) electrons. The SMILES string of the molecule is CC(C)N1CCN(C(=O)CCCCC2CCN(C)CC2)CC1. The van der Waals surface area contributed by atoms with E-state index in [1.807, 2.05) is 0 Å². The molecule has 0 aliphatic carbocycles. The fourth-order valence-corrected chi connectivity index (χ4v) is 3.71. The summed E-state index contributed by atoms with van der Waals surface area (Å²) in [5.74, 6) is 1.28. The van der Waals surface area contributed by atoms with Crippen molar-refractivity contribution in [2.45, 2.75) is 58.4 Å². The minimum atomic E-state index is 0.381. The Labute approximate surface area is 136 Å². The van der Waals surface area contributed by atoms with Crippen LogP contribution in [0.5, 0.6) is 0 Å². The normalized spacial score (nSPS) is 22.5. The van der Waals surface area contributed by atoms with E-state index in [0.29, 0.717) is 11.9 Å². The van der Waals surface area contributed by atoms with Crippen LogP contribution in [0.15, 0.2) is 0 Å². The van der Waals surface area contributed by atoms with Gasteiger partial charge in [0.05, 0.1) is 0 Å². The number of carbonyl (C=O) groups excluding carboxylic acids is 1. The van der Waals surface area contributed by atoms with Crippen LogP contribution in [0.2, 0.25) is 0 Å². The maximum atomic E-state index is 12.3. The first-order chi connectivity index (χ1) is 10.6. The first kappa shape index (κ1) is 17.7. The molecule has 0 saturated carbocycles. The molecular formula is C18H35N3O. The van der Waals surface area contributed by atoms with Gasteiger partial charge in [-0.25, -0.2) is 0 Å². The summed E-state index contributed by atoms with van der Waals surface area (Å²) in [5, 5.41) is 0. The molecule has 1 amide bonds. The fourth-order valence-electron chi connectivity index (χ4n) is 3.71. The lowest BCUT2D eigenvalue weighted by atomic mass is 9.91. The van der Waals surface area contributed by atoms with Crippen LogP contribution < -0.4 is 0 Å². The van der Waals surface area contributed by atoms with E-state index in [1.165, 1.54) is 38.8 Å². The van der Waals surface area contributed by atoms with Crippen LogP contribution in [0, 0.1) is 5.92 Å². The molecule has 2 rings (SSSR count). The van der Waals surface area contributed by atoms with Crippen LogP contribution in [0.3, 0.4) is 0 Å². The third-order valence-electron chi connectivity index (χ3n) is 5.49. The number of hydrogen-bond acceptors (Lipinski definition) is 3. The molecule has 22 heavy (non-hydrogen) atoms. The number of nitrogens with zero attached hydrogens (tertiary/aromatic N) is 3. The van der Waals surface area contributed by atoms with Crippen molar-refractivity contribution in [3.63, 3.8) is 0 Å². The number of carbonyl (C=O) groups is 1. The van der Waals surface area contributed by atoms with Crippen LogP contribution in [0.1, 0.15) is 52.4 Å². The van der Waals surface area contributed by atoms with Crippen molar-refractivity contribution < 1.29 is 4.79 Å². The summed E-state index contributed by atoms with van der Waals surface area (Å²) in [6, 6.07) is 0.604. The third-order valence-corrected chi connectivity index (χ3v) is 5.49. The number of rotatable bonds is 6. The summed E-state index contributed by atoms with van der Waals surface area (Å²) in [6.07, 6.45) is 7.08. The van der Waals surface area contributed by atoms with Gasteiger partial charge in [-0.2, -0.15) is 0 Å². The zero-order valence-electron chi connectivity index (χ0n) is 14.9.